The number of likely N-dealkylation sites (tertiary alicyclic amines) is 1. The monoisotopic (exact) mass is 645 g/mol. The summed E-state index contributed by atoms with van der Waals surface area (Å²) in [5.41, 5.74) is -3.39. The molecule has 3 heterocycles. The number of methoxy groups -OCH3 is 1. The molecule has 0 bridgehead atoms. The Kier molecular flexibility index (Phi) is 8.20. The van der Waals surface area contributed by atoms with Gasteiger partial charge in [0.05, 0.1) is 50.3 Å². The minimum atomic E-state index is -5.04. The van der Waals surface area contributed by atoms with Gasteiger partial charge in [-0.25, -0.2) is 8.78 Å². The van der Waals surface area contributed by atoms with Crippen LogP contribution in [0.4, 0.5) is 30.7 Å². The SMILES string of the molecule is COc1cc(-c2c3c(C(F)F)cc(-c4cnn(C[C@H](C)O)c4)cc3nn2C)cc(OC(F)F)c1C(=O)N1CC(O)(C(F)(F)F)C1. The van der Waals surface area contributed by atoms with Crippen LogP contribution in [0.5, 0.6) is 11.5 Å². The number of amides is 1. The number of fused-ring (bicyclic) bond motifs is 1. The van der Waals surface area contributed by atoms with E-state index in [1.807, 2.05) is 0 Å². The number of aliphatic hydroxyl groups excluding tert-OH is 1. The van der Waals surface area contributed by atoms with E-state index < -0.39 is 72.5 Å². The van der Waals surface area contributed by atoms with Crippen LogP contribution in [0.2, 0.25) is 0 Å². The fourth-order valence-electron chi connectivity index (χ4n) is 5.27. The third-order valence-corrected chi connectivity index (χ3v) is 7.33. The molecular weight excluding hydrogens is 619 g/mol. The van der Waals surface area contributed by atoms with Crippen molar-refractivity contribution in [1.82, 2.24) is 24.5 Å². The number of halogens is 7. The normalized spacial score (nSPS) is 15.6. The van der Waals surface area contributed by atoms with Gasteiger partial charge in [0.25, 0.3) is 12.3 Å². The molecule has 4 aromatic rings. The molecule has 2 aromatic carbocycles. The van der Waals surface area contributed by atoms with Crippen LogP contribution in [-0.4, -0.2) is 85.3 Å². The molecule has 2 N–H and O–H groups in total. The molecule has 2 aromatic heterocycles. The number of aliphatic hydroxyl groups is 2. The Labute approximate surface area is 250 Å². The van der Waals surface area contributed by atoms with Gasteiger partial charge in [-0.05, 0) is 36.8 Å². The zero-order valence-electron chi connectivity index (χ0n) is 23.8. The van der Waals surface area contributed by atoms with Crippen LogP contribution in [0.25, 0.3) is 33.3 Å². The maximum absolute atomic E-state index is 14.5. The Bertz CT molecular complexity index is 1750. The summed E-state index contributed by atoms with van der Waals surface area (Å²) in [5, 5.41) is 27.8. The maximum Gasteiger partial charge on any atom is 0.420 e. The highest BCUT2D eigenvalue weighted by atomic mass is 19.4. The molecule has 1 atom stereocenters. The smallest absolute Gasteiger partial charge is 0.420 e. The van der Waals surface area contributed by atoms with Crippen molar-refractivity contribution in [3.05, 3.63) is 47.8 Å². The first-order valence-electron chi connectivity index (χ1n) is 13.3. The van der Waals surface area contributed by atoms with Crippen molar-refractivity contribution in [2.75, 3.05) is 20.2 Å². The first kappa shape index (κ1) is 32.0. The van der Waals surface area contributed by atoms with Crippen LogP contribution in [0.15, 0.2) is 36.7 Å². The predicted octanol–water partition coefficient (Wildman–Crippen LogP) is 4.78. The van der Waals surface area contributed by atoms with Gasteiger partial charge < -0.3 is 24.6 Å². The Hall–Kier alpha value is -4.38. The van der Waals surface area contributed by atoms with Gasteiger partial charge in [-0.2, -0.15) is 32.1 Å². The summed E-state index contributed by atoms with van der Waals surface area (Å²) >= 11 is 0. The Morgan fingerprint density at radius 3 is 2.31 bits per heavy atom. The third-order valence-electron chi connectivity index (χ3n) is 7.33. The number of benzene rings is 2. The average Bonchev–Trinajstić information content (AvgIpc) is 3.51. The molecule has 242 valence electrons. The highest BCUT2D eigenvalue weighted by molar-refractivity contribution is 6.03. The van der Waals surface area contributed by atoms with E-state index in [1.165, 1.54) is 40.8 Å². The quantitative estimate of drug-likeness (QED) is 0.252. The van der Waals surface area contributed by atoms with Gasteiger partial charge in [-0.3, -0.25) is 14.2 Å². The van der Waals surface area contributed by atoms with Gasteiger partial charge in [0.1, 0.15) is 17.1 Å². The molecule has 1 aliphatic heterocycles. The molecule has 1 saturated heterocycles. The first-order chi connectivity index (χ1) is 21.0. The van der Waals surface area contributed by atoms with Crippen molar-refractivity contribution < 1.29 is 55.2 Å². The largest absolute Gasteiger partial charge is 0.496 e. The number of carbonyl (C=O) groups excluding carboxylic acids is 1. The summed E-state index contributed by atoms with van der Waals surface area (Å²) in [4.78, 5) is 13.8. The number of rotatable bonds is 9. The second-order valence-electron chi connectivity index (χ2n) is 10.7. The number of nitrogens with zero attached hydrogens (tertiary/aromatic N) is 5. The minimum Gasteiger partial charge on any atom is -0.496 e. The molecule has 0 unspecified atom stereocenters. The molecule has 17 heteroatoms. The highest BCUT2D eigenvalue weighted by Crippen LogP contribution is 2.44. The van der Waals surface area contributed by atoms with Crippen LogP contribution >= 0.6 is 0 Å². The minimum absolute atomic E-state index is 0.0171. The molecule has 10 nitrogen and oxygen atoms in total. The number of β-amino-alcohol motifs (C(OH)–C–C–N with tert-alkyl or cyclic N) is 1. The summed E-state index contributed by atoms with van der Waals surface area (Å²) in [6.45, 7) is -4.07. The molecule has 1 amide bonds. The summed E-state index contributed by atoms with van der Waals surface area (Å²) in [7, 11) is 2.49. The van der Waals surface area contributed by atoms with E-state index in [-0.39, 0.29) is 28.7 Å². The predicted molar refractivity (Wildman–Crippen MR) is 144 cm³/mol. The number of aryl methyl sites for hydroxylation is 1. The lowest BCUT2D eigenvalue weighted by molar-refractivity contribution is -0.294. The summed E-state index contributed by atoms with van der Waals surface area (Å²) in [6.07, 6.45) is -5.77. The zero-order chi connectivity index (χ0) is 33.0. The van der Waals surface area contributed by atoms with E-state index >= 15 is 0 Å². The molecule has 1 aliphatic rings. The van der Waals surface area contributed by atoms with Crippen LogP contribution in [0, 0.1) is 0 Å². The molecule has 1 fully saturated rings. The van der Waals surface area contributed by atoms with Crippen LogP contribution in [-0.2, 0) is 13.6 Å². The summed E-state index contributed by atoms with van der Waals surface area (Å²) in [6, 6.07) is 4.86. The Morgan fingerprint density at radius 1 is 1.07 bits per heavy atom. The van der Waals surface area contributed by atoms with E-state index in [2.05, 4.69) is 14.9 Å². The molecule has 0 spiro atoms. The fraction of sp³-hybridized carbons (Fsp3) is 0.393. The first-order valence-corrected chi connectivity index (χ1v) is 13.3. The fourth-order valence-corrected chi connectivity index (χ4v) is 5.27. The van der Waals surface area contributed by atoms with E-state index in [1.54, 1.807) is 13.1 Å². The standard InChI is InChI=1S/C28H26F7N5O5/c1-13(41)9-40-10-16(8-36-40)14-4-17(24(29)30)21-18(5-14)37-38(2)23(21)15-6-19(44-3)22(20(7-15)45-26(31)32)25(42)39-11-27(43,12-39)28(33,34)35/h4-8,10,13,24,26,41,43H,9,11-12H2,1-3H3/t13-/m0/s1. The second kappa shape index (κ2) is 11.5. The number of ether oxygens (including phenoxy) is 2. The highest BCUT2D eigenvalue weighted by Gasteiger charge is 2.62. The van der Waals surface area contributed by atoms with Crippen molar-refractivity contribution >= 4 is 16.8 Å². The number of alkyl halides is 7. The third kappa shape index (κ3) is 5.88. The van der Waals surface area contributed by atoms with Crippen molar-refractivity contribution in [1.29, 1.82) is 0 Å². The molecule has 0 saturated carbocycles. The summed E-state index contributed by atoms with van der Waals surface area (Å²) < 4.78 is 108. The number of aromatic nitrogens is 4. The van der Waals surface area contributed by atoms with Gasteiger partial charge in [-0.15, -0.1) is 0 Å². The molecule has 0 radical (unpaired) electrons. The average molecular weight is 646 g/mol. The lowest BCUT2D eigenvalue weighted by atomic mass is 9.92. The summed E-state index contributed by atoms with van der Waals surface area (Å²) in [5.74, 6) is -2.38. The maximum atomic E-state index is 14.5. The zero-order valence-corrected chi connectivity index (χ0v) is 23.8. The molecule has 45 heavy (non-hydrogen) atoms. The molecule has 5 rings (SSSR count). The van der Waals surface area contributed by atoms with Crippen molar-refractivity contribution in [2.24, 2.45) is 7.05 Å². The lowest BCUT2D eigenvalue weighted by Crippen LogP contribution is -2.70. The number of hydrogen-bond acceptors (Lipinski definition) is 7. The second-order valence-corrected chi connectivity index (χ2v) is 10.7. The Morgan fingerprint density at radius 2 is 1.73 bits per heavy atom. The van der Waals surface area contributed by atoms with Gasteiger partial charge in [0, 0.05) is 35.3 Å². The van der Waals surface area contributed by atoms with E-state index in [0.717, 1.165) is 13.2 Å². The van der Waals surface area contributed by atoms with Crippen LogP contribution in [0.1, 0.15) is 29.3 Å². The molecule has 0 aliphatic carbocycles. The van der Waals surface area contributed by atoms with E-state index in [0.29, 0.717) is 16.0 Å². The van der Waals surface area contributed by atoms with Gasteiger partial charge in [-0.1, -0.05) is 0 Å². The van der Waals surface area contributed by atoms with Gasteiger partial charge >= 0.3 is 12.8 Å². The number of carbonyl (C=O) groups is 1. The number of hydrogen-bond donors (Lipinski definition) is 2. The Balaban J connectivity index is 1.63. The van der Waals surface area contributed by atoms with Gasteiger partial charge in [0.15, 0.2) is 5.60 Å². The van der Waals surface area contributed by atoms with E-state index in [4.69, 9.17) is 4.74 Å². The van der Waals surface area contributed by atoms with Crippen LogP contribution in [0.3, 0.4) is 0 Å². The van der Waals surface area contributed by atoms with Gasteiger partial charge in [0.2, 0.25) is 0 Å². The molecular formula is C28H26F7N5O5. The van der Waals surface area contributed by atoms with Crippen LogP contribution < -0.4 is 9.47 Å². The van der Waals surface area contributed by atoms with E-state index in [9.17, 15) is 45.7 Å². The van der Waals surface area contributed by atoms with Crippen molar-refractivity contribution in [3.63, 3.8) is 0 Å². The van der Waals surface area contributed by atoms with Crippen molar-refractivity contribution in [3.8, 4) is 33.9 Å². The van der Waals surface area contributed by atoms with Crippen molar-refractivity contribution in [2.45, 2.75) is 44.4 Å². The topological polar surface area (TPSA) is 115 Å². The lowest BCUT2D eigenvalue weighted by Gasteiger charge is -2.47.